The summed E-state index contributed by atoms with van der Waals surface area (Å²) in [4.78, 5) is 8.66. The summed E-state index contributed by atoms with van der Waals surface area (Å²) >= 11 is 6.17. The number of hydrogen-bond donors (Lipinski definition) is 2. The summed E-state index contributed by atoms with van der Waals surface area (Å²) in [6.07, 6.45) is 1.72. The summed E-state index contributed by atoms with van der Waals surface area (Å²) in [6, 6.07) is 11.6. The van der Waals surface area contributed by atoms with Gasteiger partial charge in [0.25, 0.3) is 0 Å². The van der Waals surface area contributed by atoms with Gasteiger partial charge in [-0.2, -0.15) is 0 Å². The Morgan fingerprint density at radius 3 is 2.75 bits per heavy atom. The number of ether oxygens (including phenoxy) is 1. The third-order valence-electron chi connectivity index (χ3n) is 3.18. The molecule has 0 saturated heterocycles. The van der Waals surface area contributed by atoms with Crippen LogP contribution in [-0.4, -0.2) is 24.6 Å². The summed E-state index contributed by atoms with van der Waals surface area (Å²) in [7, 11) is 1.60. The first-order valence-electron chi connectivity index (χ1n) is 7.47. The maximum absolute atomic E-state index is 6.17. The molecular formula is C17H22ClIN4O. The molecule has 2 rings (SSSR count). The monoisotopic (exact) mass is 460 g/mol. The number of methoxy groups -OCH3 is 1. The van der Waals surface area contributed by atoms with Crippen molar-refractivity contribution in [1.82, 2.24) is 15.6 Å². The molecule has 0 amide bonds. The van der Waals surface area contributed by atoms with Crippen molar-refractivity contribution in [3.8, 4) is 5.88 Å². The Balaban J connectivity index is 0.00000288. The molecule has 24 heavy (non-hydrogen) atoms. The van der Waals surface area contributed by atoms with Gasteiger partial charge in [0.1, 0.15) is 0 Å². The van der Waals surface area contributed by atoms with Crippen LogP contribution >= 0.6 is 35.6 Å². The summed E-state index contributed by atoms with van der Waals surface area (Å²) in [6.45, 7) is 3.97. The van der Waals surface area contributed by atoms with Crippen molar-refractivity contribution < 1.29 is 4.74 Å². The molecule has 0 aliphatic rings. The summed E-state index contributed by atoms with van der Waals surface area (Å²) < 4.78 is 5.12. The Kier molecular flexibility index (Phi) is 9.48. The lowest BCUT2D eigenvalue weighted by Crippen LogP contribution is -2.36. The quantitative estimate of drug-likeness (QED) is 0.393. The summed E-state index contributed by atoms with van der Waals surface area (Å²) in [5.74, 6) is 1.33. The highest BCUT2D eigenvalue weighted by Gasteiger charge is 2.02. The number of pyridine rings is 1. The maximum Gasteiger partial charge on any atom is 0.213 e. The number of benzene rings is 1. The SMILES string of the molecule is CCNC(=NCc1ccnc(OC)c1)NCc1ccccc1Cl.I. The van der Waals surface area contributed by atoms with Crippen LogP contribution in [0.15, 0.2) is 47.6 Å². The lowest BCUT2D eigenvalue weighted by Gasteiger charge is -2.12. The van der Waals surface area contributed by atoms with Gasteiger partial charge in [-0.1, -0.05) is 29.8 Å². The van der Waals surface area contributed by atoms with Gasteiger partial charge in [0.2, 0.25) is 5.88 Å². The van der Waals surface area contributed by atoms with Crippen LogP contribution in [-0.2, 0) is 13.1 Å². The normalized spacial score (nSPS) is 10.7. The van der Waals surface area contributed by atoms with E-state index in [-0.39, 0.29) is 24.0 Å². The Bertz CT molecular complexity index is 667. The van der Waals surface area contributed by atoms with Crippen molar-refractivity contribution in [1.29, 1.82) is 0 Å². The zero-order valence-electron chi connectivity index (χ0n) is 13.8. The molecule has 2 N–H and O–H groups in total. The minimum atomic E-state index is 0. The van der Waals surface area contributed by atoms with E-state index in [2.05, 4.69) is 20.6 Å². The van der Waals surface area contributed by atoms with E-state index in [1.807, 2.05) is 43.3 Å². The maximum atomic E-state index is 6.17. The molecule has 0 spiro atoms. The first-order valence-corrected chi connectivity index (χ1v) is 7.85. The first kappa shape index (κ1) is 20.5. The van der Waals surface area contributed by atoms with Gasteiger partial charge in [0, 0.05) is 30.4 Å². The minimum Gasteiger partial charge on any atom is -0.481 e. The van der Waals surface area contributed by atoms with Gasteiger partial charge in [-0.15, -0.1) is 24.0 Å². The molecule has 2 aromatic rings. The molecular weight excluding hydrogens is 439 g/mol. The zero-order chi connectivity index (χ0) is 16.5. The largest absolute Gasteiger partial charge is 0.481 e. The van der Waals surface area contributed by atoms with Gasteiger partial charge in [0.05, 0.1) is 13.7 Å². The summed E-state index contributed by atoms with van der Waals surface area (Å²) in [5.41, 5.74) is 2.07. The number of guanidine groups is 1. The predicted octanol–water partition coefficient (Wildman–Crippen LogP) is 3.62. The highest BCUT2D eigenvalue weighted by Crippen LogP contribution is 2.14. The first-order chi connectivity index (χ1) is 11.2. The van der Waals surface area contributed by atoms with Crippen LogP contribution in [0.1, 0.15) is 18.1 Å². The standard InChI is InChI=1S/C17H21ClN4O.HI/c1-3-19-17(22-12-14-6-4-5-7-15(14)18)21-11-13-8-9-20-16(10-13)23-2;/h4-10H,3,11-12H2,1-2H3,(H2,19,21,22);1H. The molecule has 0 aliphatic heterocycles. The van der Waals surface area contributed by atoms with E-state index in [1.165, 1.54) is 0 Å². The van der Waals surface area contributed by atoms with E-state index in [4.69, 9.17) is 16.3 Å². The Morgan fingerprint density at radius 2 is 2.04 bits per heavy atom. The topological polar surface area (TPSA) is 58.5 Å². The minimum absolute atomic E-state index is 0. The van der Waals surface area contributed by atoms with E-state index in [0.717, 1.165) is 28.7 Å². The molecule has 0 atom stereocenters. The number of halogens is 2. The number of nitrogens with zero attached hydrogens (tertiary/aromatic N) is 2. The second kappa shape index (κ2) is 11.1. The molecule has 1 aromatic heterocycles. The Hall–Kier alpha value is -1.54. The van der Waals surface area contributed by atoms with Crippen molar-refractivity contribution >= 4 is 41.5 Å². The van der Waals surface area contributed by atoms with Gasteiger partial charge in [-0.25, -0.2) is 9.98 Å². The Morgan fingerprint density at radius 1 is 1.25 bits per heavy atom. The number of hydrogen-bond acceptors (Lipinski definition) is 3. The molecule has 7 heteroatoms. The van der Waals surface area contributed by atoms with Crippen LogP contribution in [0, 0.1) is 0 Å². The van der Waals surface area contributed by atoms with E-state index >= 15 is 0 Å². The fourth-order valence-electron chi connectivity index (χ4n) is 1.99. The number of nitrogens with one attached hydrogen (secondary N) is 2. The number of aromatic nitrogens is 1. The van der Waals surface area contributed by atoms with Crippen LogP contribution < -0.4 is 15.4 Å². The number of aliphatic imine (C=N–C) groups is 1. The molecule has 0 saturated carbocycles. The van der Waals surface area contributed by atoms with Crippen molar-refractivity contribution in [3.63, 3.8) is 0 Å². The van der Waals surface area contributed by atoms with Crippen molar-refractivity contribution in [2.75, 3.05) is 13.7 Å². The summed E-state index contributed by atoms with van der Waals surface area (Å²) in [5, 5.41) is 7.25. The van der Waals surface area contributed by atoms with Crippen LogP contribution in [0.25, 0.3) is 0 Å². The second-order valence-electron chi connectivity index (χ2n) is 4.85. The van der Waals surface area contributed by atoms with Gasteiger partial charge in [0.15, 0.2) is 5.96 Å². The average Bonchev–Trinajstić information content (AvgIpc) is 2.59. The predicted molar refractivity (Wildman–Crippen MR) is 109 cm³/mol. The van der Waals surface area contributed by atoms with E-state index in [9.17, 15) is 0 Å². The molecule has 0 radical (unpaired) electrons. The third-order valence-corrected chi connectivity index (χ3v) is 3.55. The zero-order valence-corrected chi connectivity index (χ0v) is 16.8. The van der Waals surface area contributed by atoms with E-state index < -0.39 is 0 Å². The van der Waals surface area contributed by atoms with Gasteiger partial charge in [-0.05, 0) is 30.2 Å². The highest BCUT2D eigenvalue weighted by molar-refractivity contribution is 14.0. The van der Waals surface area contributed by atoms with Gasteiger partial charge in [-0.3, -0.25) is 0 Å². The molecule has 0 fully saturated rings. The van der Waals surface area contributed by atoms with Crippen molar-refractivity contribution in [3.05, 3.63) is 58.7 Å². The van der Waals surface area contributed by atoms with Crippen LogP contribution in [0.5, 0.6) is 5.88 Å². The number of rotatable bonds is 6. The fraction of sp³-hybridized carbons (Fsp3) is 0.294. The molecule has 5 nitrogen and oxygen atoms in total. The van der Waals surface area contributed by atoms with Crippen LogP contribution in [0.4, 0.5) is 0 Å². The fourth-order valence-corrected chi connectivity index (χ4v) is 2.20. The van der Waals surface area contributed by atoms with Crippen LogP contribution in [0.2, 0.25) is 5.02 Å². The van der Waals surface area contributed by atoms with Crippen molar-refractivity contribution in [2.45, 2.75) is 20.0 Å². The lowest BCUT2D eigenvalue weighted by atomic mass is 10.2. The molecule has 0 unspecified atom stereocenters. The molecule has 0 bridgehead atoms. The second-order valence-corrected chi connectivity index (χ2v) is 5.25. The van der Waals surface area contributed by atoms with E-state index in [0.29, 0.717) is 19.0 Å². The highest BCUT2D eigenvalue weighted by atomic mass is 127. The third kappa shape index (κ3) is 6.52. The van der Waals surface area contributed by atoms with E-state index in [1.54, 1.807) is 13.3 Å². The molecule has 1 aromatic carbocycles. The Labute approximate surface area is 164 Å². The van der Waals surface area contributed by atoms with Crippen LogP contribution in [0.3, 0.4) is 0 Å². The molecule has 1 heterocycles. The van der Waals surface area contributed by atoms with Gasteiger partial charge >= 0.3 is 0 Å². The van der Waals surface area contributed by atoms with Crippen molar-refractivity contribution in [2.24, 2.45) is 4.99 Å². The molecule has 130 valence electrons. The molecule has 0 aliphatic carbocycles. The average molecular weight is 461 g/mol. The van der Waals surface area contributed by atoms with Gasteiger partial charge < -0.3 is 15.4 Å². The smallest absolute Gasteiger partial charge is 0.213 e. The lowest BCUT2D eigenvalue weighted by molar-refractivity contribution is 0.397.